The molecule has 2 aromatic rings. The zero-order valence-electron chi connectivity index (χ0n) is 10.3. The van der Waals surface area contributed by atoms with Crippen molar-refractivity contribution in [2.45, 2.75) is 20.4 Å². The molecule has 0 radical (unpaired) electrons. The summed E-state index contributed by atoms with van der Waals surface area (Å²) in [6, 6.07) is 7.95. The molecule has 1 aromatic carbocycles. The number of benzene rings is 1. The molecule has 1 N–H and O–H groups in total. The third kappa shape index (κ3) is 2.83. The minimum atomic E-state index is -0.457. The van der Waals surface area contributed by atoms with E-state index in [1.54, 1.807) is 0 Å². The van der Waals surface area contributed by atoms with Crippen LogP contribution in [-0.4, -0.2) is 4.98 Å². The molecule has 0 spiro atoms. The average molecular weight is 248 g/mol. The Bertz CT molecular complexity index is 568. The molecule has 0 amide bonds. The molecule has 1 aromatic heterocycles. The summed E-state index contributed by atoms with van der Waals surface area (Å²) in [6.07, 6.45) is 0. The monoisotopic (exact) mass is 248 g/mol. The van der Waals surface area contributed by atoms with Gasteiger partial charge in [-0.25, -0.2) is 8.78 Å². The van der Waals surface area contributed by atoms with E-state index in [4.69, 9.17) is 0 Å². The molecule has 0 saturated carbocycles. The van der Waals surface area contributed by atoms with Crippen molar-refractivity contribution in [3.8, 4) is 0 Å². The first-order chi connectivity index (χ1) is 8.56. The highest BCUT2D eigenvalue weighted by molar-refractivity contribution is 5.47. The normalized spacial score (nSPS) is 10.4. The minimum Gasteiger partial charge on any atom is -0.377 e. The molecule has 4 heteroatoms. The fraction of sp³-hybridized carbons (Fsp3) is 0.214. The lowest BCUT2D eigenvalue weighted by Crippen LogP contribution is -2.04. The lowest BCUT2D eigenvalue weighted by molar-refractivity contribution is 0.594. The van der Waals surface area contributed by atoms with Crippen LogP contribution in [0.15, 0.2) is 30.3 Å². The average Bonchev–Trinajstić information content (AvgIpc) is 2.32. The van der Waals surface area contributed by atoms with Gasteiger partial charge in [0.15, 0.2) is 0 Å². The maximum atomic E-state index is 13.6. The van der Waals surface area contributed by atoms with Crippen molar-refractivity contribution in [2.75, 3.05) is 5.32 Å². The second-order valence-electron chi connectivity index (χ2n) is 4.21. The first kappa shape index (κ1) is 12.5. The predicted octanol–water partition coefficient (Wildman–Crippen LogP) is 3.59. The number of rotatable bonds is 3. The van der Waals surface area contributed by atoms with E-state index in [0.29, 0.717) is 12.1 Å². The smallest absolute Gasteiger partial charge is 0.146 e. The summed E-state index contributed by atoms with van der Waals surface area (Å²) in [5.41, 5.74) is 2.13. The molecule has 0 aliphatic carbocycles. The molecule has 0 aliphatic rings. The predicted molar refractivity (Wildman–Crippen MR) is 67.4 cm³/mol. The summed E-state index contributed by atoms with van der Waals surface area (Å²) in [5, 5.41) is 2.85. The quantitative estimate of drug-likeness (QED) is 0.897. The maximum Gasteiger partial charge on any atom is 0.146 e. The van der Waals surface area contributed by atoms with Gasteiger partial charge in [-0.1, -0.05) is 6.07 Å². The van der Waals surface area contributed by atoms with Crippen LogP contribution in [0.4, 0.5) is 14.5 Å². The van der Waals surface area contributed by atoms with Crippen molar-refractivity contribution in [2.24, 2.45) is 0 Å². The molecule has 0 unspecified atom stereocenters. The van der Waals surface area contributed by atoms with Crippen LogP contribution < -0.4 is 5.32 Å². The van der Waals surface area contributed by atoms with Crippen LogP contribution in [0.25, 0.3) is 0 Å². The number of aromatic nitrogens is 1. The van der Waals surface area contributed by atoms with Crippen molar-refractivity contribution in [1.82, 2.24) is 4.98 Å². The SMILES string of the molecule is Cc1cccc(CNc2cc(F)c(C)cc2F)n1. The number of hydrogen-bond donors (Lipinski definition) is 1. The molecule has 0 bridgehead atoms. The summed E-state index contributed by atoms with van der Waals surface area (Å²) >= 11 is 0. The van der Waals surface area contributed by atoms with E-state index in [1.807, 2.05) is 25.1 Å². The largest absolute Gasteiger partial charge is 0.377 e. The van der Waals surface area contributed by atoms with Crippen molar-refractivity contribution in [3.05, 3.63) is 58.9 Å². The Hall–Kier alpha value is -1.97. The Labute approximate surface area is 105 Å². The van der Waals surface area contributed by atoms with E-state index in [-0.39, 0.29) is 5.69 Å². The molecule has 18 heavy (non-hydrogen) atoms. The summed E-state index contributed by atoms with van der Waals surface area (Å²) in [4.78, 5) is 4.28. The first-order valence-corrected chi connectivity index (χ1v) is 5.68. The molecule has 0 saturated heterocycles. The molecule has 94 valence electrons. The zero-order valence-corrected chi connectivity index (χ0v) is 10.3. The van der Waals surface area contributed by atoms with E-state index >= 15 is 0 Å². The standard InChI is InChI=1S/C14H14F2N2/c1-9-6-13(16)14(7-12(9)15)17-8-11-5-3-4-10(2)18-11/h3-7,17H,8H2,1-2H3. The second kappa shape index (κ2) is 5.12. The van der Waals surface area contributed by atoms with Gasteiger partial charge in [-0.05, 0) is 37.6 Å². The van der Waals surface area contributed by atoms with E-state index in [1.165, 1.54) is 19.1 Å². The maximum absolute atomic E-state index is 13.6. The topological polar surface area (TPSA) is 24.9 Å². The Kier molecular flexibility index (Phi) is 3.55. The number of nitrogens with one attached hydrogen (secondary N) is 1. The van der Waals surface area contributed by atoms with Crippen LogP contribution in [0.5, 0.6) is 0 Å². The summed E-state index contributed by atoms with van der Waals surface area (Å²) in [6.45, 7) is 3.78. The summed E-state index contributed by atoms with van der Waals surface area (Å²) < 4.78 is 26.9. The molecular weight excluding hydrogens is 234 g/mol. The van der Waals surface area contributed by atoms with Crippen LogP contribution in [0.3, 0.4) is 0 Å². The number of hydrogen-bond acceptors (Lipinski definition) is 2. The highest BCUT2D eigenvalue weighted by atomic mass is 19.1. The van der Waals surface area contributed by atoms with Gasteiger partial charge >= 0.3 is 0 Å². The number of halogens is 2. The Morgan fingerprint density at radius 1 is 1.11 bits per heavy atom. The molecule has 0 atom stereocenters. The van der Waals surface area contributed by atoms with Gasteiger partial charge in [-0.2, -0.15) is 0 Å². The first-order valence-electron chi connectivity index (χ1n) is 5.68. The van der Waals surface area contributed by atoms with Crippen LogP contribution in [0.2, 0.25) is 0 Å². The molecule has 2 nitrogen and oxygen atoms in total. The van der Waals surface area contributed by atoms with E-state index < -0.39 is 11.6 Å². The fourth-order valence-electron chi connectivity index (χ4n) is 1.67. The highest BCUT2D eigenvalue weighted by Crippen LogP contribution is 2.19. The van der Waals surface area contributed by atoms with E-state index in [9.17, 15) is 8.78 Å². The van der Waals surface area contributed by atoms with Crippen LogP contribution in [0, 0.1) is 25.5 Å². The van der Waals surface area contributed by atoms with Crippen LogP contribution in [0.1, 0.15) is 17.0 Å². The van der Waals surface area contributed by atoms with Gasteiger partial charge in [0.2, 0.25) is 0 Å². The van der Waals surface area contributed by atoms with E-state index in [0.717, 1.165) is 11.4 Å². The van der Waals surface area contributed by atoms with Crippen molar-refractivity contribution >= 4 is 5.69 Å². The van der Waals surface area contributed by atoms with Gasteiger partial charge in [-0.15, -0.1) is 0 Å². The molecule has 0 aliphatic heterocycles. The molecular formula is C14H14F2N2. The van der Waals surface area contributed by atoms with E-state index in [2.05, 4.69) is 10.3 Å². The second-order valence-corrected chi connectivity index (χ2v) is 4.21. The van der Waals surface area contributed by atoms with Gasteiger partial charge in [0, 0.05) is 11.8 Å². The molecule has 1 heterocycles. The van der Waals surface area contributed by atoms with Crippen molar-refractivity contribution < 1.29 is 8.78 Å². The summed E-state index contributed by atoms with van der Waals surface area (Å²) in [7, 11) is 0. The lowest BCUT2D eigenvalue weighted by atomic mass is 10.2. The lowest BCUT2D eigenvalue weighted by Gasteiger charge is -2.09. The van der Waals surface area contributed by atoms with Gasteiger partial charge in [0.25, 0.3) is 0 Å². The Morgan fingerprint density at radius 3 is 2.61 bits per heavy atom. The third-order valence-electron chi connectivity index (χ3n) is 2.65. The number of anilines is 1. The van der Waals surface area contributed by atoms with Crippen LogP contribution >= 0.6 is 0 Å². The summed E-state index contributed by atoms with van der Waals surface area (Å²) in [5.74, 6) is -0.877. The van der Waals surface area contributed by atoms with Crippen molar-refractivity contribution in [3.63, 3.8) is 0 Å². The number of nitrogens with zero attached hydrogens (tertiary/aromatic N) is 1. The third-order valence-corrected chi connectivity index (χ3v) is 2.65. The van der Waals surface area contributed by atoms with Crippen LogP contribution in [-0.2, 0) is 6.54 Å². The fourth-order valence-corrected chi connectivity index (χ4v) is 1.67. The van der Waals surface area contributed by atoms with Gasteiger partial charge in [-0.3, -0.25) is 4.98 Å². The molecule has 0 fully saturated rings. The number of aryl methyl sites for hydroxylation is 2. The van der Waals surface area contributed by atoms with Crippen molar-refractivity contribution in [1.29, 1.82) is 0 Å². The Balaban J connectivity index is 2.13. The highest BCUT2D eigenvalue weighted by Gasteiger charge is 2.07. The van der Waals surface area contributed by atoms with Gasteiger partial charge < -0.3 is 5.32 Å². The zero-order chi connectivity index (χ0) is 13.1. The van der Waals surface area contributed by atoms with Gasteiger partial charge in [0.1, 0.15) is 11.6 Å². The number of pyridine rings is 1. The molecule has 2 rings (SSSR count). The van der Waals surface area contributed by atoms with Gasteiger partial charge in [0.05, 0.1) is 17.9 Å². The minimum absolute atomic E-state index is 0.154. The Morgan fingerprint density at radius 2 is 1.89 bits per heavy atom.